The summed E-state index contributed by atoms with van der Waals surface area (Å²) in [6.07, 6.45) is 6.55. The second kappa shape index (κ2) is 6.95. The van der Waals surface area contributed by atoms with Crippen molar-refractivity contribution in [2.45, 2.75) is 51.0 Å². The number of hydrogen-bond acceptors (Lipinski definition) is 4. The minimum Gasteiger partial charge on any atom is -0.377 e. The first-order chi connectivity index (χ1) is 15.7. The Labute approximate surface area is 195 Å². The number of carbonyl (C=O) groups is 1. The summed E-state index contributed by atoms with van der Waals surface area (Å²) in [7, 11) is -3.72. The molecule has 172 valence electrons. The summed E-state index contributed by atoms with van der Waals surface area (Å²) in [4.78, 5) is 12.2. The third-order valence-electron chi connectivity index (χ3n) is 8.67. The molecule has 1 aliphatic heterocycles. The first kappa shape index (κ1) is 21.0. The third kappa shape index (κ3) is 2.96. The van der Waals surface area contributed by atoms with Gasteiger partial charge >= 0.3 is 0 Å². The van der Waals surface area contributed by atoms with Crippen LogP contribution in [-0.4, -0.2) is 24.4 Å². The topological polar surface area (TPSA) is 68.2 Å². The number of nitrogens with zero attached hydrogens (tertiary/aromatic N) is 1. The lowest BCUT2D eigenvalue weighted by Crippen LogP contribution is -2.38. The summed E-state index contributed by atoms with van der Waals surface area (Å²) >= 11 is 0. The van der Waals surface area contributed by atoms with Crippen molar-refractivity contribution in [1.82, 2.24) is 3.97 Å². The van der Waals surface area contributed by atoms with Crippen molar-refractivity contribution in [1.29, 1.82) is 0 Å². The van der Waals surface area contributed by atoms with Crippen LogP contribution < -0.4 is 5.32 Å². The molecule has 0 spiro atoms. The van der Waals surface area contributed by atoms with Gasteiger partial charge in [-0.2, -0.15) is 0 Å². The van der Waals surface area contributed by atoms with E-state index in [4.69, 9.17) is 0 Å². The number of hydrogen-bond donors (Lipinski definition) is 1. The lowest BCUT2D eigenvalue weighted by molar-refractivity contribution is -0.117. The summed E-state index contributed by atoms with van der Waals surface area (Å²) in [5, 5.41) is 4.58. The summed E-state index contributed by atoms with van der Waals surface area (Å²) in [5.74, 6) is 0.583. The van der Waals surface area contributed by atoms with E-state index in [0.29, 0.717) is 17.9 Å². The molecule has 2 saturated carbocycles. The molecule has 2 fully saturated rings. The van der Waals surface area contributed by atoms with Gasteiger partial charge in [0, 0.05) is 33.7 Å². The Hall–Kier alpha value is -2.60. The summed E-state index contributed by atoms with van der Waals surface area (Å²) in [5.41, 5.74) is 3.04. The van der Waals surface area contributed by atoms with E-state index in [1.54, 1.807) is 6.20 Å². The van der Waals surface area contributed by atoms with Gasteiger partial charge in [-0.3, -0.25) is 0 Å². The molecule has 2 bridgehead atoms. The van der Waals surface area contributed by atoms with E-state index in [9.17, 15) is 13.2 Å². The fourth-order valence-electron chi connectivity index (χ4n) is 7.02. The molecule has 33 heavy (non-hydrogen) atoms. The van der Waals surface area contributed by atoms with E-state index in [-0.39, 0.29) is 23.1 Å². The zero-order valence-corrected chi connectivity index (χ0v) is 19.9. The highest BCUT2D eigenvalue weighted by Gasteiger charge is 2.53. The Kier molecular flexibility index (Phi) is 4.42. The second-order valence-corrected chi connectivity index (χ2v) is 12.8. The highest BCUT2D eigenvalue weighted by atomic mass is 32.2. The Morgan fingerprint density at radius 2 is 1.85 bits per heavy atom. The Morgan fingerprint density at radius 1 is 1.09 bits per heavy atom. The number of fused-ring (bicyclic) bond motifs is 4. The zero-order chi connectivity index (χ0) is 23.0. The van der Waals surface area contributed by atoms with E-state index in [0.717, 1.165) is 42.2 Å². The van der Waals surface area contributed by atoms with Gasteiger partial charge < -0.3 is 10.1 Å². The lowest BCUT2D eigenvalue weighted by atomic mass is 9.76. The number of aromatic nitrogens is 1. The van der Waals surface area contributed by atoms with Crippen molar-refractivity contribution in [3.05, 3.63) is 65.9 Å². The largest absolute Gasteiger partial charge is 0.377 e. The molecule has 3 aliphatic rings. The van der Waals surface area contributed by atoms with Crippen molar-refractivity contribution in [3.8, 4) is 0 Å². The number of para-hydroxylation sites is 2. The third-order valence-corrected chi connectivity index (χ3v) is 10.5. The van der Waals surface area contributed by atoms with Crippen molar-refractivity contribution in [2.75, 3.05) is 11.1 Å². The van der Waals surface area contributed by atoms with Crippen LogP contribution in [0.25, 0.3) is 10.9 Å². The average Bonchev–Trinajstić information content (AvgIpc) is 3.54. The van der Waals surface area contributed by atoms with Crippen LogP contribution in [0.5, 0.6) is 0 Å². The maximum Gasteiger partial charge on any atom is 0.239 e. The SMILES string of the molecule is CC1(C)c2ccccc2NC1c1cn(S(=O)(=O)CC2(C=O)CC3CC[C@@H]2C3)c2ccccc12. The summed E-state index contributed by atoms with van der Waals surface area (Å²) in [6, 6.07) is 16.0. The predicted molar refractivity (Wildman–Crippen MR) is 131 cm³/mol. The number of rotatable bonds is 5. The molecule has 6 heteroatoms. The monoisotopic (exact) mass is 462 g/mol. The van der Waals surface area contributed by atoms with E-state index in [1.807, 2.05) is 36.4 Å². The minimum absolute atomic E-state index is 0.0567. The van der Waals surface area contributed by atoms with E-state index in [1.165, 1.54) is 9.54 Å². The van der Waals surface area contributed by atoms with Gasteiger partial charge in [0.15, 0.2) is 0 Å². The molecule has 5 nitrogen and oxygen atoms in total. The van der Waals surface area contributed by atoms with Gasteiger partial charge in [0.2, 0.25) is 10.0 Å². The van der Waals surface area contributed by atoms with E-state index < -0.39 is 15.4 Å². The fraction of sp³-hybridized carbons (Fsp3) is 0.444. The van der Waals surface area contributed by atoms with Gasteiger partial charge in [-0.15, -0.1) is 0 Å². The van der Waals surface area contributed by atoms with Crippen LogP contribution in [0.1, 0.15) is 56.7 Å². The highest BCUT2D eigenvalue weighted by Crippen LogP contribution is 2.56. The van der Waals surface area contributed by atoms with E-state index >= 15 is 0 Å². The Balaban J connectivity index is 1.45. The zero-order valence-electron chi connectivity index (χ0n) is 19.1. The molecule has 2 heterocycles. The van der Waals surface area contributed by atoms with Gasteiger partial charge in [0.25, 0.3) is 0 Å². The smallest absolute Gasteiger partial charge is 0.239 e. The standard InChI is InChI=1S/C27H30N2O3S/c1-26(2)22-8-4-5-9-23(22)28-25(26)21-15-29(24-10-6-3-7-20(21)24)33(31,32)17-27(16-30)14-18-11-12-19(27)13-18/h3-10,15-16,18-19,25,28H,11-14,17H2,1-2H3/t18?,19-,25?,27?/m1/s1. The molecule has 2 aliphatic carbocycles. The number of aldehydes is 1. The number of anilines is 1. The molecule has 4 atom stereocenters. The molecule has 0 amide bonds. The molecule has 6 rings (SSSR count). The van der Waals surface area contributed by atoms with Crippen LogP contribution in [-0.2, 0) is 20.2 Å². The average molecular weight is 463 g/mol. The molecule has 0 radical (unpaired) electrons. The Morgan fingerprint density at radius 3 is 2.55 bits per heavy atom. The van der Waals surface area contributed by atoms with Crippen LogP contribution in [0.2, 0.25) is 0 Å². The molecular formula is C27H30N2O3S. The van der Waals surface area contributed by atoms with Gasteiger partial charge in [-0.1, -0.05) is 56.7 Å². The first-order valence-corrected chi connectivity index (χ1v) is 13.5. The molecule has 2 aromatic carbocycles. The quantitative estimate of drug-likeness (QED) is 0.525. The van der Waals surface area contributed by atoms with Crippen molar-refractivity contribution >= 4 is 32.9 Å². The van der Waals surface area contributed by atoms with Gasteiger partial charge in [0.1, 0.15) is 6.29 Å². The van der Waals surface area contributed by atoms with Crippen molar-refractivity contribution in [3.63, 3.8) is 0 Å². The second-order valence-electron chi connectivity index (χ2n) is 10.9. The number of carbonyl (C=O) groups excluding carboxylic acids is 1. The Bertz CT molecular complexity index is 1370. The van der Waals surface area contributed by atoms with E-state index in [2.05, 4.69) is 31.3 Å². The highest BCUT2D eigenvalue weighted by molar-refractivity contribution is 7.90. The summed E-state index contributed by atoms with van der Waals surface area (Å²) < 4.78 is 29.1. The van der Waals surface area contributed by atoms with Crippen LogP contribution in [0.4, 0.5) is 5.69 Å². The maximum absolute atomic E-state index is 13.8. The van der Waals surface area contributed by atoms with Crippen LogP contribution in [0.15, 0.2) is 54.7 Å². The van der Waals surface area contributed by atoms with Crippen molar-refractivity contribution in [2.24, 2.45) is 17.3 Å². The normalized spacial score (nSPS) is 29.8. The molecule has 1 aromatic heterocycles. The fourth-order valence-corrected chi connectivity index (χ4v) is 8.99. The number of benzene rings is 2. The minimum atomic E-state index is -3.72. The molecular weight excluding hydrogens is 432 g/mol. The van der Waals surface area contributed by atoms with Crippen molar-refractivity contribution < 1.29 is 13.2 Å². The lowest BCUT2D eigenvalue weighted by Gasteiger charge is -2.32. The molecule has 0 saturated heterocycles. The predicted octanol–water partition coefficient (Wildman–Crippen LogP) is 5.27. The molecule has 1 N–H and O–H groups in total. The van der Waals surface area contributed by atoms with Crippen LogP contribution >= 0.6 is 0 Å². The van der Waals surface area contributed by atoms with Gasteiger partial charge in [-0.25, -0.2) is 12.4 Å². The summed E-state index contributed by atoms with van der Waals surface area (Å²) in [6.45, 7) is 4.40. The first-order valence-electron chi connectivity index (χ1n) is 11.9. The molecule has 3 aromatic rings. The van der Waals surface area contributed by atoms with Gasteiger partial charge in [0.05, 0.1) is 17.3 Å². The van der Waals surface area contributed by atoms with Crippen LogP contribution in [0, 0.1) is 17.3 Å². The maximum atomic E-state index is 13.8. The van der Waals surface area contributed by atoms with Crippen LogP contribution in [0.3, 0.4) is 0 Å². The van der Waals surface area contributed by atoms with Gasteiger partial charge in [-0.05, 0) is 48.8 Å². The molecule has 3 unspecified atom stereocenters. The number of nitrogens with one attached hydrogen (secondary N) is 1.